The lowest BCUT2D eigenvalue weighted by Gasteiger charge is -2.49. The van der Waals surface area contributed by atoms with Gasteiger partial charge in [-0.3, -0.25) is 0 Å². The second kappa shape index (κ2) is 6.56. The van der Waals surface area contributed by atoms with Gasteiger partial charge in [0.05, 0.1) is 6.04 Å². The molecule has 0 aliphatic carbocycles. The van der Waals surface area contributed by atoms with E-state index in [1.54, 1.807) is 11.8 Å². The number of rotatable bonds is 1. The van der Waals surface area contributed by atoms with E-state index in [-0.39, 0.29) is 12.0 Å². The summed E-state index contributed by atoms with van der Waals surface area (Å²) in [6.45, 7) is 3.64. The van der Waals surface area contributed by atoms with E-state index in [1.165, 1.54) is 6.07 Å². The largest absolute Gasteiger partial charge is 0.430 e. The predicted molar refractivity (Wildman–Crippen MR) is 102 cm³/mol. The number of anilines is 1. The minimum absolute atomic E-state index is 0.0648. The van der Waals surface area contributed by atoms with Crippen molar-refractivity contribution in [3.05, 3.63) is 59.2 Å². The van der Waals surface area contributed by atoms with Gasteiger partial charge < -0.3 is 10.4 Å². The van der Waals surface area contributed by atoms with E-state index in [2.05, 4.69) is 5.32 Å². The molecule has 9 heteroatoms. The third-order valence-electron chi connectivity index (χ3n) is 6.26. The van der Waals surface area contributed by atoms with Gasteiger partial charge in [0, 0.05) is 27.8 Å². The molecule has 0 amide bonds. The normalized spacial score (nSPS) is 23.1. The Kier molecular flexibility index (Phi) is 4.67. The molecule has 2 aliphatic rings. The predicted octanol–water partition coefficient (Wildman–Crippen LogP) is 6.17. The number of halogens is 6. The molecule has 30 heavy (non-hydrogen) atoms. The molecule has 2 aliphatic heterocycles. The zero-order valence-corrected chi connectivity index (χ0v) is 16.8. The summed E-state index contributed by atoms with van der Waals surface area (Å²) in [5.74, 6) is 0.596. The molecule has 0 spiro atoms. The van der Waals surface area contributed by atoms with Crippen LogP contribution < -0.4 is 5.32 Å². The smallest absolute Gasteiger partial charge is 0.378 e. The van der Waals surface area contributed by atoms with E-state index in [0.717, 1.165) is 16.5 Å². The summed E-state index contributed by atoms with van der Waals surface area (Å²) in [4.78, 5) is 1.10. The van der Waals surface area contributed by atoms with E-state index in [4.69, 9.17) is 0 Å². The third kappa shape index (κ3) is 2.92. The van der Waals surface area contributed by atoms with Gasteiger partial charge in [-0.25, -0.2) is 0 Å². The molecular weight excluding hydrogens is 428 g/mol. The monoisotopic (exact) mass is 447 g/mol. The number of nitrogens with one attached hydrogen (secondary N) is 1. The first-order valence-corrected chi connectivity index (χ1v) is 10.3. The van der Waals surface area contributed by atoms with Crippen LogP contribution in [-0.2, 0) is 11.0 Å². The molecule has 0 bridgehead atoms. The number of fused-ring (bicyclic) bond motifs is 4. The maximum Gasteiger partial charge on any atom is 0.430 e. The van der Waals surface area contributed by atoms with Crippen LogP contribution in [0.2, 0.25) is 0 Å². The summed E-state index contributed by atoms with van der Waals surface area (Å²) in [6, 6.07) is 10.5. The van der Waals surface area contributed by atoms with Crippen molar-refractivity contribution in [2.75, 3.05) is 11.1 Å². The van der Waals surface area contributed by atoms with Gasteiger partial charge in [-0.05, 0) is 34.7 Å². The highest BCUT2D eigenvalue weighted by atomic mass is 32.2. The Balaban J connectivity index is 1.85. The first-order chi connectivity index (χ1) is 13.8. The number of aliphatic hydroxyl groups is 1. The fraction of sp³-hybridized carbons (Fsp3) is 0.429. The van der Waals surface area contributed by atoms with Crippen LogP contribution in [0.15, 0.2) is 47.4 Å². The molecule has 2 heterocycles. The summed E-state index contributed by atoms with van der Waals surface area (Å²) in [7, 11) is 0. The molecule has 4 rings (SSSR count). The van der Waals surface area contributed by atoms with Crippen LogP contribution in [0.5, 0.6) is 0 Å². The van der Waals surface area contributed by atoms with Crippen molar-refractivity contribution >= 4 is 17.4 Å². The molecule has 2 aromatic rings. The van der Waals surface area contributed by atoms with E-state index in [9.17, 15) is 31.4 Å². The molecule has 162 valence electrons. The standard InChI is InChI=1S/C21H19F6NOS/c1-18(2)13-9-11(19(29,20(22,23)24)21(25,26)27)7-8-15(13)28-17-12-5-3-4-6-16(12)30-10-14(17)18/h3-9,14,17,28-29H,10H2,1-2H3/t14-,17+/m1/s1. The number of thioether (sulfide) groups is 1. The van der Waals surface area contributed by atoms with Gasteiger partial charge in [0.25, 0.3) is 5.60 Å². The summed E-state index contributed by atoms with van der Waals surface area (Å²) in [6.07, 6.45) is -11.8. The lowest BCUT2D eigenvalue weighted by Crippen LogP contribution is -2.54. The zero-order chi connectivity index (χ0) is 22.1. The molecule has 2 atom stereocenters. The summed E-state index contributed by atoms with van der Waals surface area (Å²) >= 11 is 1.62. The number of hydrogen-bond donors (Lipinski definition) is 2. The molecule has 0 fully saturated rings. The van der Waals surface area contributed by atoms with Gasteiger partial charge in [0.2, 0.25) is 0 Å². The van der Waals surface area contributed by atoms with E-state index in [1.807, 2.05) is 38.1 Å². The van der Waals surface area contributed by atoms with Gasteiger partial charge in [-0.15, -0.1) is 11.8 Å². The van der Waals surface area contributed by atoms with Crippen molar-refractivity contribution in [3.8, 4) is 0 Å². The van der Waals surface area contributed by atoms with Crippen molar-refractivity contribution in [2.45, 2.75) is 48.2 Å². The lowest BCUT2D eigenvalue weighted by atomic mass is 9.65. The van der Waals surface area contributed by atoms with Gasteiger partial charge in [0.1, 0.15) is 0 Å². The average molecular weight is 447 g/mol. The van der Waals surface area contributed by atoms with Gasteiger partial charge in [-0.1, -0.05) is 38.1 Å². The highest BCUT2D eigenvalue weighted by Crippen LogP contribution is 2.56. The molecule has 0 radical (unpaired) electrons. The van der Waals surface area contributed by atoms with Crippen molar-refractivity contribution in [1.29, 1.82) is 0 Å². The van der Waals surface area contributed by atoms with Crippen LogP contribution in [0.4, 0.5) is 32.0 Å². The van der Waals surface area contributed by atoms with E-state index >= 15 is 0 Å². The zero-order valence-electron chi connectivity index (χ0n) is 16.0. The molecule has 0 unspecified atom stereocenters. The number of alkyl halides is 6. The Morgan fingerprint density at radius 1 is 1.00 bits per heavy atom. The highest BCUT2D eigenvalue weighted by molar-refractivity contribution is 7.99. The Hall–Kier alpha value is -1.87. The number of benzene rings is 2. The molecule has 2 aromatic carbocycles. The van der Waals surface area contributed by atoms with Gasteiger partial charge in [-0.2, -0.15) is 26.3 Å². The lowest BCUT2D eigenvalue weighted by molar-refractivity contribution is -0.376. The topological polar surface area (TPSA) is 32.3 Å². The van der Waals surface area contributed by atoms with Crippen molar-refractivity contribution in [2.24, 2.45) is 5.92 Å². The SMILES string of the molecule is CC1(C)c2cc(C(O)(C(F)(F)F)C(F)(F)F)ccc2N[C@H]2c3ccccc3SC[C@H]21. The maximum atomic E-state index is 13.4. The first-order valence-electron chi connectivity index (χ1n) is 9.27. The van der Waals surface area contributed by atoms with Crippen LogP contribution in [-0.4, -0.2) is 23.2 Å². The fourth-order valence-corrected chi connectivity index (χ4v) is 5.95. The van der Waals surface area contributed by atoms with Crippen molar-refractivity contribution in [1.82, 2.24) is 0 Å². The number of hydrogen-bond acceptors (Lipinski definition) is 3. The summed E-state index contributed by atoms with van der Waals surface area (Å²) in [5, 5.41) is 13.1. The molecule has 0 aromatic heterocycles. The summed E-state index contributed by atoms with van der Waals surface area (Å²) in [5.41, 5.74) is -5.02. The second-order valence-electron chi connectivity index (χ2n) is 8.27. The average Bonchev–Trinajstić information content (AvgIpc) is 2.65. The van der Waals surface area contributed by atoms with Crippen LogP contribution in [0, 0.1) is 5.92 Å². The Bertz CT molecular complexity index is 970. The van der Waals surface area contributed by atoms with E-state index in [0.29, 0.717) is 23.1 Å². The Morgan fingerprint density at radius 2 is 1.63 bits per heavy atom. The molecule has 0 saturated heterocycles. The van der Waals surface area contributed by atoms with Crippen LogP contribution in [0.1, 0.15) is 36.6 Å². The Morgan fingerprint density at radius 3 is 2.27 bits per heavy atom. The van der Waals surface area contributed by atoms with Crippen LogP contribution in [0.3, 0.4) is 0 Å². The third-order valence-corrected chi connectivity index (χ3v) is 7.47. The van der Waals surface area contributed by atoms with Gasteiger partial charge in [0.15, 0.2) is 0 Å². The molecule has 2 nitrogen and oxygen atoms in total. The van der Waals surface area contributed by atoms with E-state index < -0.39 is 28.9 Å². The van der Waals surface area contributed by atoms with Gasteiger partial charge >= 0.3 is 12.4 Å². The maximum absolute atomic E-state index is 13.4. The van der Waals surface area contributed by atoms with Crippen molar-refractivity contribution in [3.63, 3.8) is 0 Å². The minimum Gasteiger partial charge on any atom is -0.378 e. The molecular formula is C21H19F6NOS. The fourth-order valence-electron chi connectivity index (χ4n) is 4.45. The highest BCUT2D eigenvalue weighted by Gasteiger charge is 2.71. The Labute approximate surface area is 173 Å². The first kappa shape index (κ1) is 21.4. The van der Waals surface area contributed by atoms with Crippen molar-refractivity contribution < 1.29 is 31.4 Å². The van der Waals surface area contributed by atoms with Crippen LogP contribution >= 0.6 is 11.8 Å². The summed E-state index contributed by atoms with van der Waals surface area (Å²) < 4.78 is 80.1. The second-order valence-corrected chi connectivity index (χ2v) is 9.33. The van der Waals surface area contributed by atoms with Crippen LogP contribution in [0.25, 0.3) is 0 Å². The quantitative estimate of drug-likeness (QED) is 0.513. The molecule has 2 N–H and O–H groups in total. The molecule has 0 saturated carbocycles. The minimum atomic E-state index is -5.91.